The van der Waals surface area contributed by atoms with E-state index in [1.54, 1.807) is 11.9 Å². The molecule has 0 aliphatic heterocycles. The smallest absolute Gasteiger partial charge is 0.272 e. The second-order valence-electron chi connectivity index (χ2n) is 5.73. The van der Waals surface area contributed by atoms with Crippen LogP contribution in [0.1, 0.15) is 52.7 Å². The quantitative estimate of drug-likeness (QED) is 0.731. The maximum atomic E-state index is 12.5. The molecule has 6 heteroatoms. The number of H-pyrrole nitrogens is 1. The van der Waals surface area contributed by atoms with E-state index in [-0.39, 0.29) is 23.2 Å². The summed E-state index contributed by atoms with van der Waals surface area (Å²) in [6.07, 6.45) is 4.50. The molecule has 6 nitrogen and oxygen atoms in total. The summed E-state index contributed by atoms with van der Waals surface area (Å²) >= 11 is 0. The molecule has 1 aromatic carbocycles. The van der Waals surface area contributed by atoms with Crippen molar-refractivity contribution >= 4 is 11.8 Å². The van der Waals surface area contributed by atoms with Crippen molar-refractivity contribution in [3.63, 3.8) is 0 Å². The molecule has 0 atom stereocenters. The van der Waals surface area contributed by atoms with Gasteiger partial charge in [0.1, 0.15) is 5.69 Å². The fraction of sp³-hybridized carbons (Fsp3) is 0.389. The molecule has 0 fully saturated rings. The lowest BCUT2D eigenvalue weighted by molar-refractivity contribution is 0.0779. The third kappa shape index (κ3) is 4.68. The molecule has 0 saturated heterocycles. The summed E-state index contributed by atoms with van der Waals surface area (Å²) in [5.74, 6) is -0.570. The van der Waals surface area contributed by atoms with Crippen molar-refractivity contribution < 1.29 is 9.59 Å². The first-order valence-electron chi connectivity index (χ1n) is 8.24. The second kappa shape index (κ2) is 8.86. The third-order valence-corrected chi connectivity index (χ3v) is 3.81. The summed E-state index contributed by atoms with van der Waals surface area (Å²) in [6, 6.07) is 9.60. The first-order valence-corrected chi connectivity index (χ1v) is 8.24. The van der Waals surface area contributed by atoms with Gasteiger partial charge < -0.3 is 15.2 Å². The molecule has 2 aromatic rings. The summed E-state index contributed by atoms with van der Waals surface area (Å²) in [4.78, 5) is 33.2. The van der Waals surface area contributed by atoms with Crippen LogP contribution >= 0.6 is 0 Å². The Hall–Kier alpha value is -2.63. The van der Waals surface area contributed by atoms with Crippen molar-refractivity contribution in [2.45, 2.75) is 32.7 Å². The number of nitrogens with one attached hydrogen (secondary N) is 2. The van der Waals surface area contributed by atoms with Crippen LogP contribution in [0.2, 0.25) is 0 Å². The predicted molar refractivity (Wildman–Crippen MR) is 92.7 cm³/mol. The van der Waals surface area contributed by atoms with E-state index in [0.29, 0.717) is 13.1 Å². The number of hydrogen-bond acceptors (Lipinski definition) is 3. The Morgan fingerprint density at radius 2 is 1.96 bits per heavy atom. The molecular weight excluding hydrogens is 304 g/mol. The molecule has 2 rings (SSSR count). The van der Waals surface area contributed by atoms with Crippen LogP contribution in [0.4, 0.5) is 0 Å². The van der Waals surface area contributed by atoms with Crippen molar-refractivity contribution in [3.8, 4) is 0 Å². The SMILES string of the molecule is CCCCCN(C)C(=O)c1[nH]cnc1C(=O)NCc1ccccc1. The van der Waals surface area contributed by atoms with Gasteiger partial charge in [-0.3, -0.25) is 9.59 Å². The first kappa shape index (κ1) is 17.7. The molecule has 1 heterocycles. The van der Waals surface area contributed by atoms with E-state index in [4.69, 9.17) is 0 Å². The standard InChI is InChI=1S/C18H24N4O2/c1-3-4-8-11-22(2)18(24)16-15(20-13-21-16)17(23)19-12-14-9-6-5-7-10-14/h5-7,9-10,13H,3-4,8,11-12H2,1-2H3,(H,19,23)(H,20,21). The largest absolute Gasteiger partial charge is 0.347 e. The van der Waals surface area contributed by atoms with Gasteiger partial charge >= 0.3 is 0 Å². The normalized spacial score (nSPS) is 10.4. The van der Waals surface area contributed by atoms with E-state index in [1.165, 1.54) is 6.33 Å². The highest BCUT2D eigenvalue weighted by molar-refractivity contribution is 6.04. The van der Waals surface area contributed by atoms with Crippen molar-refractivity contribution in [3.05, 3.63) is 53.6 Å². The highest BCUT2D eigenvalue weighted by Crippen LogP contribution is 2.08. The molecule has 0 aliphatic carbocycles. The van der Waals surface area contributed by atoms with Crippen LogP contribution in [0.25, 0.3) is 0 Å². The Kier molecular flexibility index (Phi) is 6.54. The monoisotopic (exact) mass is 328 g/mol. The van der Waals surface area contributed by atoms with E-state index in [1.807, 2.05) is 30.3 Å². The molecule has 24 heavy (non-hydrogen) atoms. The highest BCUT2D eigenvalue weighted by atomic mass is 16.2. The number of benzene rings is 1. The average Bonchev–Trinajstić information content (AvgIpc) is 3.09. The van der Waals surface area contributed by atoms with E-state index in [2.05, 4.69) is 22.2 Å². The molecule has 2 N–H and O–H groups in total. The van der Waals surface area contributed by atoms with Crippen LogP contribution < -0.4 is 5.32 Å². The van der Waals surface area contributed by atoms with Crippen molar-refractivity contribution in [2.75, 3.05) is 13.6 Å². The van der Waals surface area contributed by atoms with Gasteiger partial charge in [-0.25, -0.2) is 4.98 Å². The summed E-state index contributed by atoms with van der Waals surface area (Å²) in [7, 11) is 1.74. The van der Waals surface area contributed by atoms with Gasteiger partial charge in [-0.15, -0.1) is 0 Å². The van der Waals surface area contributed by atoms with Crippen LogP contribution in [0, 0.1) is 0 Å². The molecule has 2 amide bonds. The van der Waals surface area contributed by atoms with Gasteiger partial charge in [-0.2, -0.15) is 0 Å². The summed E-state index contributed by atoms with van der Waals surface area (Å²) in [5.41, 5.74) is 1.36. The number of carbonyl (C=O) groups is 2. The summed E-state index contributed by atoms with van der Waals surface area (Å²) in [6.45, 7) is 3.18. The fourth-order valence-electron chi connectivity index (χ4n) is 2.38. The molecule has 0 spiro atoms. The van der Waals surface area contributed by atoms with Crippen LogP contribution in [-0.4, -0.2) is 40.3 Å². The van der Waals surface area contributed by atoms with Gasteiger partial charge in [0, 0.05) is 20.1 Å². The number of aromatic amines is 1. The lowest BCUT2D eigenvalue weighted by Gasteiger charge is -2.16. The Bertz CT molecular complexity index is 667. The van der Waals surface area contributed by atoms with E-state index in [0.717, 1.165) is 24.8 Å². The maximum absolute atomic E-state index is 12.5. The van der Waals surface area contributed by atoms with Gasteiger partial charge in [0.05, 0.1) is 6.33 Å². The predicted octanol–water partition coefficient (Wildman–Crippen LogP) is 2.60. The lowest BCUT2D eigenvalue weighted by Crippen LogP contribution is -2.31. The number of carbonyl (C=O) groups excluding carboxylic acids is 2. The van der Waals surface area contributed by atoms with E-state index < -0.39 is 0 Å². The maximum Gasteiger partial charge on any atom is 0.272 e. The molecule has 0 radical (unpaired) electrons. The minimum Gasteiger partial charge on any atom is -0.347 e. The minimum absolute atomic E-state index is 0.137. The number of unbranched alkanes of at least 4 members (excludes halogenated alkanes) is 2. The van der Waals surface area contributed by atoms with Crippen molar-refractivity contribution in [1.29, 1.82) is 0 Å². The fourth-order valence-corrected chi connectivity index (χ4v) is 2.38. The highest BCUT2D eigenvalue weighted by Gasteiger charge is 2.22. The number of imidazole rings is 1. The van der Waals surface area contributed by atoms with Crippen LogP contribution in [0.15, 0.2) is 36.7 Å². The van der Waals surface area contributed by atoms with E-state index >= 15 is 0 Å². The number of nitrogens with zero attached hydrogens (tertiary/aromatic N) is 2. The van der Waals surface area contributed by atoms with Gasteiger partial charge in [0.15, 0.2) is 5.69 Å². The van der Waals surface area contributed by atoms with Gasteiger partial charge in [0.2, 0.25) is 0 Å². The molecule has 0 unspecified atom stereocenters. The zero-order chi connectivity index (χ0) is 17.4. The summed E-state index contributed by atoms with van der Waals surface area (Å²) in [5, 5.41) is 2.80. The Labute approximate surface area is 142 Å². The lowest BCUT2D eigenvalue weighted by atomic mass is 10.2. The number of hydrogen-bond donors (Lipinski definition) is 2. The van der Waals surface area contributed by atoms with Gasteiger partial charge in [0.25, 0.3) is 11.8 Å². The number of rotatable bonds is 8. The molecule has 0 saturated carbocycles. The molecule has 0 aliphatic rings. The third-order valence-electron chi connectivity index (χ3n) is 3.81. The molecular formula is C18H24N4O2. The molecule has 128 valence electrons. The Morgan fingerprint density at radius 3 is 2.67 bits per heavy atom. The topological polar surface area (TPSA) is 78.1 Å². The Morgan fingerprint density at radius 1 is 1.21 bits per heavy atom. The zero-order valence-corrected chi connectivity index (χ0v) is 14.2. The van der Waals surface area contributed by atoms with Crippen molar-refractivity contribution in [2.24, 2.45) is 0 Å². The van der Waals surface area contributed by atoms with Crippen LogP contribution in [0.3, 0.4) is 0 Å². The Balaban J connectivity index is 1.98. The van der Waals surface area contributed by atoms with Crippen molar-refractivity contribution in [1.82, 2.24) is 20.2 Å². The van der Waals surface area contributed by atoms with Crippen LogP contribution in [0.5, 0.6) is 0 Å². The zero-order valence-electron chi connectivity index (χ0n) is 14.2. The number of aromatic nitrogens is 2. The summed E-state index contributed by atoms with van der Waals surface area (Å²) < 4.78 is 0. The minimum atomic E-state index is -0.356. The molecule has 1 aromatic heterocycles. The molecule has 0 bridgehead atoms. The number of amides is 2. The second-order valence-corrected chi connectivity index (χ2v) is 5.73. The van der Waals surface area contributed by atoms with E-state index in [9.17, 15) is 9.59 Å². The van der Waals surface area contributed by atoms with Crippen LogP contribution in [-0.2, 0) is 6.54 Å². The first-order chi connectivity index (χ1) is 11.6. The average molecular weight is 328 g/mol. The van der Waals surface area contributed by atoms with Gasteiger partial charge in [-0.05, 0) is 12.0 Å². The van der Waals surface area contributed by atoms with Gasteiger partial charge in [-0.1, -0.05) is 50.1 Å².